The molecule has 2 aromatic rings. The van der Waals surface area contributed by atoms with Crippen molar-refractivity contribution in [3.8, 4) is 11.5 Å². The molecule has 0 aliphatic rings. The lowest BCUT2D eigenvalue weighted by atomic mass is 10.1. The number of carbonyl (C=O) groups excluding carboxylic acids is 1. The first-order chi connectivity index (χ1) is 11.1. The van der Waals surface area contributed by atoms with Crippen LogP contribution in [0.3, 0.4) is 0 Å². The van der Waals surface area contributed by atoms with Crippen LogP contribution in [-0.2, 0) is 4.79 Å². The number of hydrogen-bond acceptors (Lipinski definition) is 4. The van der Waals surface area contributed by atoms with E-state index < -0.39 is 0 Å². The van der Waals surface area contributed by atoms with Gasteiger partial charge in [-0.05, 0) is 83.6 Å². The quantitative estimate of drug-likeness (QED) is 0.440. The molecular weight excluding hydrogens is 407 g/mol. The average Bonchev–Trinajstić information content (AvgIpc) is 2.59. The van der Waals surface area contributed by atoms with Crippen molar-refractivity contribution in [1.29, 1.82) is 0 Å². The zero-order chi connectivity index (χ0) is 16.7. The van der Waals surface area contributed by atoms with Gasteiger partial charge in [-0.2, -0.15) is 5.10 Å². The third kappa shape index (κ3) is 5.55. The second-order valence-corrected chi connectivity index (χ2v) is 5.95. The SMILES string of the molecule is COc1ccc(C(C)=NNC(=O)COc2ccc(I)cc2)cc1. The Morgan fingerprint density at radius 3 is 2.30 bits per heavy atom. The van der Waals surface area contributed by atoms with Crippen LogP contribution in [0.15, 0.2) is 53.6 Å². The van der Waals surface area contributed by atoms with Crippen LogP contribution in [0.1, 0.15) is 12.5 Å². The highest BCUT2D eigenvalue weighted by atomic mass is 127. The van der Waals surface area contributed by atoms with Gasteiger partial charge in [0.1, 0.15) is 11.5 Å². The molecule has 0 spiro atoms. The molecule has 23 heavy (non-hydrogen) atoms. The van der Waals surface area contributed by atoms with E-state index in [0.717, 1.165) is 14.9 Å². The van der Waals surface area contributed by atoms with Crippen LogP contribution in [0.4, 0.5) is 0 Å². The Morgan fingerprint density at radius 1 is 1.09 bits per heavy atom. The number of nitrogens with one attached hydrogen (secondary N) is 1. The Balaban J connectivity index is 1.85. The normalized spacial score (nSPS) is 11.0. The third-order valence-corrected chi connectivity index (χ3v) is 3.76. The predicted molar refractivity (Wildman–Crippen MR) is 98.0 cm³/mol. The zero-order valence-corrected chi connectivity index (χ0v) is 15.0. The standard InChI is InChI=1S/C17H17IN2O3/c1-12(13-3-7-15(22-2)8-4-13)19-20-17(21)11-23-16-9-5-14(18)6-10-16/h3-10H,11H2,1-2H3,(H,20,21). The highest BCUT2D eigenvalue weighted by Gasteiger charge is 2.03. The van der Waals surface area contributed by atoms with E-state index in [9.17, 15) is 4.79 Å². The molecule has 0 radical (unpaired) electrons. The van der Waals surface area contributed by atoms with E-state index in [1.54, 1.807) is 7.11 Å². The number of nitrogens with zero attached hydrogens (tertiary/aromatic N) is 1. The number of hydrazone groups is 1. The molecular formula is C17H17IN2O3. The molecule has 0 heterocycles. The van der Waals surface area contributed by atoms with E-state index >= 15 is 0 Å². The van der Waals surface area contributed by atoms with Crippen molar-refractivity contribution in [2.75, 3.05) is 13.7 Å². The molecule has 120 valence electrons. The summed E-state index contributed by atoms with van der Waals surface area (Å²) in [7, 11) is 1.61. The van der Waals surface area contributed by atoms with Crippen LogP contribution in [0.2, 0.25) is 0 Å². The van der Waals surface area contributed by atoms with Crippen molar-refractivity contribution in [2.45, 2.75) is 6.92 Å². The molecule has 0 aliphatic carbocycles. The average molecular weight is 424 g/mol. The summed E-state index contributed by atoms with van der Waals surface area (Å²) in [5.74, 6) is 1.12. The lowest BCUT2D eigenvalue weighted by Gasteiger charge is -2.06. The smallest absolute Gasteiger partial charge is 0.277 e. The summed E-state index contributed by atoms with van der Waals surface area (Å²) in [4.78, 5) is 11.8. The summed E-state index contributed by atoms with van der Waals surface area (Å²) >= 11 is 2.21. The molecule has 0 unspecified atom stereocenters. The van der Waals surface area contributed by atoms with Crippen molar-refractivity contribution >= 4 is 34.2 Å². The van der Waals surface area contributed by atoms with Crippen LogP contribution in [0.25, 0.3) is 0 Å². The Bertz CT molecular complexity index is 682. The summed E-state index contributed by atoms with van der Waals surface area (Å²) in [5.41, 5.74) is 4.09. The fourth-order valence-corrected chi connectivity index (χ4v) is 2.11. The van der Waals surface area contributed by atoms with Crippen molar-refractivity contribution in [3.05, 3.63) is 57.7 Å². The summed E-state index contributed by atoms with van der Waals surface area (Å²) in [6, 6.07) is 14.9. The van der Waals surface area contributed by atoms with Gasteiger partial charge in [-0.25, -0.2) is 5.43 Å². The molecule has 0 saturated carbocycles. The van der Waals surface area contributed by atoms with E-state index in [2.05, 4.69) is 33.1 Å². The minimum absolute atomic E-state index is 0.0833. The molecule has 2 aromatic carbocycles. The first kappa shape index (κ1) is 17.3. The van der Waals surface area contributed by atoms with Gasteiger partial charge < -0.3 is 9.47 Å². The Kier molecular flexibility index (Phi) is 6.40. The van der Waals surface area contributed by atoms with Crippen molar-refractivity contribution in [3.63, 3.8) is 0 Å². The van der Waals surface area contributed by atoms with Gasteiger partial charge in [-0.1, -0.05) is 0 Å². The topological polar surface area (TPSA) is 59.9 Å². The first-order valence-corrected chi connectivity index (χ1v) is 8.02. The number of halogens is 1. The number of rotatable bonds is 6. The lowest BCUT2D eigenvalue weighted by molar-refractivity contribution is -0.123. The number of amides is 1. The number of benzene rings is 2. The van der Waals surface area contributed by atoms with E-state index in [0.29, 0.717) is 11.5 Å². The van der Waals surface area contributed by atoms with Gasteiger partial charge in [0, 0.05) is 3.57 Å². The Labute approximate surface area is 148 Å². The predicted octanol–water partition coefficient (Wildman–Crippen LogP) is 3.22. The van der Waals surface area contributed by atoms with E-state index in [1.165, 1.54) is 0 Å². The fourth-order valence-electron chi connectivity index (χ4n) is 1.75. The molecule has 0 bridgehead atoms. The molecule has 2 rings (SSSR count). The van der Waals surface area contributed by atoms with Crippen molar-refractivity contribution in [1.82, 2.24) is 5.43 Å². The monoisotopic (exact) mass is 424 g/mol. The molecule has 0 fully saturated rings. The molecule has 0 atom stereocenters. The van der Waals surface area contributed by atoms with Crippen LogP contribution >= 0.6 is 22.6 Å². The lowest BCUT2D eigenvalue weighted by Crippen LogP contribution is -2.25. The van der Waals surface area contributed by atoms with Gasteiger partial charge in [0.25, 0.3) is 5.91 Å². The van der Waals surface area contributed by atoms with E-state index in [1.807, 2.05) is 55.5 Å². The first-order valence-electron chi connectivity index (χ1n) is 6.94. The zero-order valence-electron chi connectivity index (χ0n) is 12.9. The van der Waals surface area contributed by atoms with Crippen LogP contribution in [0, 0.1) is 3.57 Å². The number of hydrogen-bond donors (Lipinski definition) is 1. The summed E-state index contributed by atoms with van der Waals surface area (Å²) in [6.45, 7) is 1.74. The minimum Gasteiger partial charge on any atom is -0.497 e. The van der Waals surface area contributed by atoms with Gasteiger partial charge in [-0.3, -0.25) is 4.79 Å². The van der Waals surface area contributed by atoms with Crippen LogP contribution < -0.4 is 14.9 Å². The van der Waals surface area contributed by atoms with Gasteiger partial charge >= 0.3 is 0 Å². The molecule has 1 amide bonds. The molecule has 1 N–H and O–H groups in total. The highest BCUT2D eigenvalue weighted by molar-refractivity contribution is 14.1. The second kappa shape index (κ2) is 8.52. The van der Waals surface area contributed by atoms with Crippen molar-refractivity contribution in [2.24, 2.45) is 5.10 Å². The Morgan fingerprint density at radius 2 is 1.70 bits per heavy atom. The van der Waals surface area contributed by atoms with Gasteiger partial charge in [0.2, 0.25) is 0 Å². The summed E-state index contributed by atoms with van der Waals surface area (Å²) in [5, 5.41) is 4.07. The molecule has 6 heteroatoms. The van der Waals surface area contributed by atoms with E-state index in [4.69, 9.17) is 9.47 Å². The largest absolute Gasteiger partial charge is 0.497 e. The maximum Gasteiger partial charge on any atom is 0.277 e. The van der Waals surface area contributed by atoms with Gasteiger partial charge in [0.15, 0.2) is 6.61 Å². The van der Waals surface area contributed by atoms with E-state index in [-0.39, 0.29) is 12.5 Å². The molecule has 0 aromatic heterocycles. The third-order valence-electron chi connectivity index (χ3n) is 3.04. The number of carbonyl (C=O) groups is 1. The van der Waals surface area contributed by atoms with Crippen LogP contribution in [-0.4, -0.2) is 25.3 Å². The van der Waals surface area contributed by atoms with Gasteiger partial charge in [0.05, 0.1) is 12.8 Å². The van der Waals surface area contributed by atoms with Gasteiger partial charge in [-0.15, -0.1) is 0 Å². The maximum atomic E-state index is 11.8. The Hall–Kier alpha value is -2.09. The molecule has 0 aliphatic heterocycles. The summed E-state index contributed by atoms with van der Waals surface area (Å²) in [6.07, 6.45) is 0. The number of methoxy groups -OCH3 is 1. The molecule has 5 nitrogen and oxygen atoms in total. The highest BCUT2D eigenvalue weighted by Crippen LogP contribution is 2.13. The van der Waals surface area contributed by atoms with Crippen LogP contribution in [0.5, 0.6) is 11.5 Å². The minimum atomic E-state index is -0.309. The fraction of sp³-hybridized carbons (Fsp3) is 0.176. The number of ether oxygens (including phenoxy) is 2. The second-order valence-electron chi connectivity index (χ2n) is 4.70. The van der Waals surface area contributed by atoms with Crippen molar-refractivity contribution < 1.29 is 14.3 Å². The summed E-state index contributed by atoms with van der Waals surface area (Å²) < 4.78 is 11.6. The maximum absolute atomic E-state index is 11.8. The molecule has 0 saturated heterocycles.